The number of thioether (sulfide) groups is 1. The summed E-state index contributed by atoms with van der Waals surface area (Å²) in [6, 6.07) is 8.17. The topological polar surface area (TPSA) is 69.4 Å². The summed E-state index contributed by atoms with van der Waals surface area (Å²) in [4.78, 5) is 4.66. The monoisotopic (exact) mass is 426 g/mol. The molecule has 1 aromatic heterocycles. The number of ether oxygens (including phenoxy) is 3. The van der Waals surface area contributed by atoms with E-state index in [2.05, 4.69) is 40.0 Å². The van der Waals surface area contributed by atoms with Crippen LogP contribution >= 0.6 is 11.8 Å². The lowest BCUT2D eigenvalue weighted by Crippen LogP contribution is -2.26. The minimum absolute atomic E-state index is 0.288. The predicted octanol–water partition coefficient (Wildman–Crippen LogP) is 3.61. The van der Waals surface area contributed by atoms with Crippen LogP contribution in [0.15, 0.2) is 34.4 Å². The van der Waals surface area contributed by atoms with Crippen LogP contribution < -0.4 is 14.9 Å². The minimum Gasteiger partial charge on any atom is -0.454 e. The highest BCUT2D eigenvalue weighted by atomic mass is 32.2. The molecule has 3 aliphatic rings. The molecule has 158 valence electrons. The van der Waals surface area contributed by atoms with Gasteiger partial charge < -0.3 is 18.8 Å². The molecule has 0 amide bonds. The van der Waals surface area contributed by atoms with Crippen LogP contribution in [0.4, 0.5) is 0 Å². The van der Waals surface area contributed by atoms with Gasteiger partial charge >= 0.3 is 0 Å². The van der Waals surface area contributed by atoms with E-state index in [9.17, 15) is 0 Å². The number of fused-ring (bicyclic) bond motifs is 1. The van der Waals surface area contributed by atoms with Crippen LogP contribution in [0, 0.1) is 13.8 Å². The molecule has 5 rings (SSSR count). The number of nitrogens with one attached hydrogen (secondary N) is 1. The molecule has 30 heavy (non-hydrogen) atoms. The van der Waals surface area contributed by atoms with E-state index < -0.39 is 0 Å². The van der Waals surface area contributed by atoms with E-state index in [4.69, 9.17) is 14.2 Å². The van der Waals surface area contributed by atoms with Gasteiger partial charge in [0.2, 0.25) is 6.79 Å². The first-order valence-electron chi connectivity index (χ1n) is 10.3. The van der Waals surface area contributed by atoms with Crippen molar-refractivity contribution in [3.63, 3.8) is 0 Å². The lowest BCUT2D eigenvalue weighted by Gasteiger charge is -2.17. The standard InChI is InChI=1S/C22H26N4O3S/c1-14-8-18(15(2)26(14)11-17-4-3-7-27-17)19-12-30-22(25-24-19)23-10-16-5-6-20-21(9-16)29-13-28-20/h5-6,8-9,17H,3-4,7,10-13H2,1-2H3,(H,23,25)/t17-/m0/s1. The first-order valence-corrected chi connectivity index (χ1v) is 11.3. The van der Waals surface area contributed by atoms with Crippen LogP contribution in [0.3, 0.4) is 0 Å². The van der Waals surface area contributed by atoms with Gasteiger partial charge in [0.1, 0.15) is 0 Å². The van der Waals surface area contributed by atoms with Crippen molar-refractivity contribution < 1.29 is 14.2 Å². The summed E-state index contributed by atoms with van der Waals surface area (Å²) in [5.41, 5.74) is 9.00. The number of hydrogen-bond acceptors (Lipinski definition) is 6. The van der Waals surface area contributed by atoms with Gasteiger partial charge in [-0.2, -0.15) is 5.10 Å². The second-order valence-corrected chi connectivity index (χ2v) is 8.76. The Morgan fingerprint density at radius 3 is 2.93 bits per heavy atom. The molecule has 2 aromatic rings. The zero-order valence-electron chi connectivity index (χ0n) is 17.3. The molecule has 1 N–H and O–H groups in total. The van der Waals surface area contributed by atoms with E-state index in [-0.39, 0.29) is 6.79 Å². The van der Waals surface area contributed by atoms with E-state index in [1.54, 1.807) is 11.8 Å². The maximum absolute atomic E-state index is 5.83. The van der Waals surface area contributed by atoms with Gasteiger partial charge in [-0.1, -0.05) is 17.8 Å². The lowest BCUT2D eigenvalue weighted by molar-refractivity contribution is 0.0962. The van der Waals surface area contributed by atoms with Crippen LogP contribution in [0.1, 0.15) is 35.4 Å². The van der Waals surface area contributed by atoms with E-state index in [1.807, 2.05) is 18.2 Å². The van der Waals surface area contributed by atoms with Gasteiger partial charge in [0, 0.05) is 35.9 Å². The summed E-state index contributed by atoms with van der Waals surface area (Å²) >= 11 is 1.69. The largest absolute Gasteiger partial charge is 0.454 e. The Morgan fingerprint density at radius 2 is 2.13 bits per heavy atom. The maximum Gasteiger partial charge on any atom is 0.231 e. The molecule has 7 nitrogen and oxygen atoms in total. The highest BCUT2D eigenvalue weighted by molar-refractivity contribution is 8.14. The molecule has 4 heterocycles. The zero-order valence-corrected chi connectivity index (χ0v) is 18.1. The highest BCUT2D eigenvalue weighted by Gasteiger charge is 2.22. The van der Waals surface area contributed by atoms with Crippen LogP contribution in [-0.4, -0.2) is 40.7 Å². The van der Waals surface area contributed by atoms with Crippen molar-refractivity contribution in [2.45, 2.75) is 45.9 Å². The Labute approximate surface area is 180 Å². The zero-order chi connectivity index (χ0) is 20.5. The number of aliphatic imine (C=N–C) groups is 1. The molecular formula is C22H26N4O3S. The molecule has 0 radical (unpaired) electrons. The summed E-state index contributed by atoms with van der Waals surface area (Å²) in [6.45, 7) is 7.01. The van der Waals surface area contributed by atoms with Crippen molar-refractivity contribution in [3.8, 4) is 11.5 Å². The summed E-state index contributed by atoms with van der Waals surface area (Å²) in [5, 5.41) is 5.46. The Kier molecular flexibility index (Phi) is 5.43. The fourth-order valence-corrected chi connectivity index (χ4v) is 4.86. The molecule has 1 atom stereocenters. The Balaban J connectivity index is 1.25. The van der Waals surface area contributed by atoms with Gasteiger partial charge in [0.05, 0.1) is 18.4 Å². The molecular weight excluding hydrogens is 400 g/mol. The second kappa shape index (κ2) is 8.35. The average Bonchev–Trinajstić information content (AvgIpc) is 3.50. The van der Waals surface area contributed by atoms with Crippen molar-refractivity contribution in [2.24, 2.45) is 10.1 Å². The normalized spacial score (nSPS) is 21.7. The van der Waals surface area contributed by atoms with Gasteiger partial charge in [-0.05, 0) is 50.5 Å². The van der Waals surface area contributed by atoms with Crippen LogP contribution in [0.5, 0.6) is 11.5 Å². The SMILES string of the molecule is Cc1cc(C2=NNC(=NCc3ccc4c(c3)OCO4)SC2)c(C)n1C[C@@H]1CCCO1. The number of hydrogen-bond donors (Lipinski definition) is 1. The Bertz CT molecular complexity index is 1010. The Hall–Kier alpha value is -2.45. The lowest BCUT2D eigenvalue weighted by atomic mass is 10.1. The fourth-order valence-electron chi connectivity index (χ4n) is 4.10. The number of nitrogens with zero attached hydrogens (tertiary/aromatic N) is 3. The second-order valence-electron chi connectivity index (χ2n) is 7.80. The van der Waals surface area contributed by atoms with Gasteiger partial charge in [-0.3, -0.25) is 10.4 Å². The number of benzene rings is 1. The predicted molar refractivity (Wildman–Crippen MR) is 119 cm³/mol. The van der Waals surface area contributed by atoms with Crippen molar-refractivity contribution in [3.05, 3.63) is 46.8 Å². The number of aryl methyl sites for hydroxylation is 1. The molecule has 3 aliphatic heterocycles. The smallest absolute Gasteiger partial charge is 0.231 e. The molecule has 8 heteroatoms. The van der Waals surface area contributed by atoms with Crippen molar-refractivity contribution in [1.29, 1.82) is 0 Å². The first kappa shape index (κ1) is 19.5. The fraction of sp³-hybridized carbons (Fsp3) is 0.455. The van der Waals surface area contributed by atoms with Crippen LogP contribution in [0.2, 0.25) is 0 Å². The number of rotatable bonds is 5. The molecule has 0 saturated carbocycles. The van der Waals surface area contributed by atoms with Gasteiger partial charge in [-0.25, -0.2) is 0 Å². The molecule has 1 aromatic carbocycles. The average molecular weight is 427 g/mol. The van der Waals surface area contributed by atoms with Crippen molar-refractivity contribution in [2.75, 3.05) is 19.2 Å². The molecule has 1 saturated heterocycles. The quantitative estimate of drug-likeness (QED) is 0.791. The molecule has 0 aliphatic carbocycles. The number of aromatic nitrogens is 1. The summed E-state index contributed by atoms with van der Waals surface area (Å²) in [6.07, 6.45) is 2.64. The van der Waals surface area contributed by atoms with E-state index in [0.29, 0.717) is 12.6 Å². The third-order valence-electron chi connectivity index (χ3n) is 5.77. The highest BCUT2D eigenvalue weighted by Crippen LogP contribution is 2.32. The van der Waals surface area contributed by atoms with E-state index >= 15 is 0 Å². The molecule has 0 bridgehead atoms. The van der Waals surface area contributed by atoms with Crippen LogP contribution in [-0.2, 0) is 17.8 Å². The third-order valence-corrected chi connectivity index (χ3v) is 6.68. The third kappa shape index (κ3) is 3.94. The summed E-state index contributed by atoms with van der Waals surface area (Å²) < 4.78 is 19.0. The van der Waals surface area contributed by atoms with Gasteiger partial charge in [-0.15, -0.1) is 0 Å². The first-order chi connectivity index (χ1) is 14.7. The van der Waals surface area contributed by atoms with E-state index in [1.165, 1.54) is 23.4 Å². The molecule has 0 unspecified atom stereocenters. The van der Waals surface area contributed by atoms with Crippen molar-refractivity contribution in [1.82, 2.24) is 9.99 Å². The van der Waals surface area contributed by atoms with Gasteiger partial charge in [0.15, 0.2) is 16.7 Å². The minimum atomic E-state index is 0.288. The number of amidine groups is 1. The van der Waals surface area contributed by atoms with E-state index in [0.717, 1.165) is 53.3 Å². The summed E-state index contributed by atoms with van der Waals surface area (Å²) in [7, 11) is 0. The molecule has 0 spiro atoms. The summed E-state index contributed by atoms with van der Waals surface area (Å²) in [5.74, 6) is 2.38. The number of hydrazone groups is 1. The van der Waals surface area contributed by atoms with Crippen LogP contribution in [0.25, 0.3) is 0 Å². The molecule has 1 fully saturated rings. The Morgan fingerprint density at radius 1 is 1.23 bits per heavy atom. The van der Waals surface area contributed by atoms with Crippen molar-refractivity contribution >= 4 is 22.6 Å². The van der Waals surface area contributed by atoms with Gasteiger partial charge in [0.25, 0.3) is 0 Å². The maximum atomic E-state index is 5.83.